The number of primary amides is 1. The number of hydrogen-bond donors (Lipinski definition) is 2. The number of hydrogen-bond acceptors (Lipinski definition) is 5. The third kappa shape index (κ3) is 2.94. The van der Waals surface area contributed by atoms with Crippen molar-refractivity contribution < 1.29 is 13.2 Å². The summed E-state index contributed by atoms with van der Waals surface area (Å²) in [5, 5.41) is -0.140. The van der Waals surface area contributed by atoms with E-state index in [1.165, 1.54) is 36.5 Å². The molecule has 20 heavy (non-hydrogen) atoms. The van der Waals surface area contributed by atoms with E-state index in [1.54, 1.807) is 6.07 Å². The van der Waals surface area contributed by atoms with Gasteiger partial charge in [-0.15, -0.1) is 0 Å². The van der Waals surface area contributed by atoms with Crippen LogP contribution in [0, 0.1) is 0 Å². The van der Waals surface area contributed by atoms with Crippen molar-refractivity contribution in [2.24, 2.45) is 5.73 Å². The molecule has 4 N–H and O–H groups in total. The molecule has 6 nitrogen and oxygen atoms in total. The normalized spacial score (nSPS) is 11.2. The zero-order valence-electron chi connectivity index (χ0n) is 10.5. The minimum absolute atomic E-state index is 0.112. The van der Waals surface area contributed by atoms with Crippen molar-refractivity contribution in [3.8, 4) is 0 Å². The zero-order chi connectivity index (χ0) is 14.8. The summed E-state index contributed by atoms with van der Waals surface area (Å²) in [6.07, 6.45) is 1.37. The van der Waals surface area contributed by atoms with Gasteiger partial charge in [-0.1, -0.05) is 12.1 Å². The maximum atomic E-state index is 12.2. The smallest absolute Gasteiger partial charge is 0.248 e. The summed E-state index contributed by atoms with van der Waals surface area (Å²) in [6, 6.07) is 9.09. The van der Waals surface area contributed by atoms with E-state index >= 15 is 0 Å². The average molecular weight is 291 g/mol. The molecular weight excluding hydrogens is 278 g/mol. The summed E-state index contributed by atoms with van der Waals surface area (Å²) < 4.78 is 24.4. The van der Waals surface area contributed by atoms with Gasteiger partial charge in [0.1, 0.15) is 0 Å². The van der Waals surface area contributed by atoms with E-state index in [2.05, 4.69) is 4.98 Å². The molecule has 0 fully saturated rings. The molecule has 1 aromatic heterocycles. The predicted molar refractivity (Wildman–Crippen MR) is 74.5 cm³/mol. The maximum Gasteiger partial charge on any atom is 0.248 e. The Bertz CT molecular complexity index is 740. The van der Waals surface area contributed by atoms with E-state index in [-0.39, 0.29) is 16.5 Å². The highest BCUT2D eigenvalue weighted by atomic mass is 32.2. The first-order valence-electron chi connectivity index (χ1n) is 5.72. The van der Waals surface area contributed by atoms with Gasteiger partial charge in [0.05, 0.1) is 11.4 Å². The summed E-state index contributed by atoms with van der Waals surface area (Å²) in [5.74, 6) is -0.804. The molecule has 1 amide bonds. The molecule has 1 aromatic carbocycles. The van der Waals surface area contributed by atoms with Gasteiger partial charge in [0.15, 0.2) is 5.03 Å². The standard InChI is InChI=1S/C13H13N3O3S/c14-11-2-1-7-16-13(11)20(18,19)8-9-3-5-10(6-4-9)12(15)17/h1-7H,8,14H2,(H2,15,17). The third-order valence-electron chi connectivity index (χ3n) is 2.69. The fraction of sp³-hybridized carbons (Fsp3) is 0.0769. The SMILES string of the molecule is NC(=O)c1ccc(CS(=O)(=O)c2ncccc2N)cc1. The zero-order valence-corrected chi connectivity index (χ0v) is 11.3. The van der Waals surface area contributed by atoms with Gasteiger partial charge in [-0.05, 0) is 29.8 Å². The molecule has 2 aromatic rings. The van der Waals surface area contributed by atoms with Crippen molar-refractivity contribution in [1.29, 1.82) is 0 Å². The lowest BCUT2D eigenvalue weighted by atomic mass is 10.1. The average Bonchev–Trinajstić information content (AvgIpc) is 2.39. The number of aromatic nitrogens is 1. The summed E-state index contributed by atoms with van der Waals surface area (Å²) in [4.78, 5) is 14.7. The highest BCUT2D eigenvalue weighted by Gasteiger charge is 2.19. The highest BCUT2D eigenvalue weighted by Crippen LogP contribution is 2.19. The van der Waals surface area contributed by atoms with Crippen LogP contribution in [-0.2, 0) is 15.6 Å². The Morgan fingerprint density at radius 1 is 1.15 bits per heavy atom. The van der Waals surface area contributed by atoms with Gasteiger partial charge < -0.3 is 11.5 Å². The van der Waals surface area contributed by atoms with Crippen molar-refractivity contribution >= 4 is 21.4 Å². The third-order valence-corrected chi connectivity index (χ3v) is 4.33. The highest BCUT2D eigenvalue weighted by molar-refractivity contribution is 7.90. The van der Waals surface area contributed by atoms with Gasteiger partial charge >= 0.3 is 0 Å². The lowest BCUT2D eigenvalue weighted by Crippen LogP contribution is -2.12. The van der Waals surface area contributed by atoms with Crippen LogP contribution in [0.5, 0.6) is 0 Å². The fourth-order valence-electron chi connectivity index (χ4n) is 1.72. The number of benzene rings is 1. The minimum Gasteiger partial charge on any atom is -0.396 e. The Hall–Kier alpha value is -2.41. The number of carbonyl (C=O) groups excluding carboxylic acids is 1. The van der Waals surface area contributed by atoms with E-state index in [4.69, 9.17) is 11.5 Å². The largest absolute Gasteiger partial charge is 0.396 e. The van der Waals surface area contributed by atoms with E-state index in [0.717, 1.165) is 0 Å². The van der Waals surface area contributed by atoms with Crippen LogP contribution in [0.4, 0.5) is 5.69 Å². The molecule has 0 radical (unpaired) electrons. The molecule has 0 spiro atoms. The molecule has 7 heteroatoms. The minimum atomic E-state index is -3.63. The number of rotatable bonds is 4. The lowest BCUT2D eigenvalue weighted by molar-refractivity contribution is 0.100. The van der Waals surface area contributed by atoms with Gasteiger partial charge in [-0.3, -0.25) is 4.79 Å². The molecule has 0 atom stereocenters. The first kappa shape index (κ1) is 14.0. The van der Waals surface area contributed by atoms with Crippen molar-refractivity contribution in [3.05, 3.63) is 53.7 Å². The van der Waals surface area contributed by atoms with Crippen LogP contribution in [0.2, 0.25) is 0 Å². The van der Waals surface area contributed by atoms with E-state index < -0.39 is 15.7 Å². The van der Waals surface area contributed by atoms with Crippen molar-refractivity contribution in [1.82, 2.24) is 4.98 Å². The van der Waals surface area contributed by atoms with Crippen LogP contribution in [0.25, 0.3) is 0 Å². The van der Waals surface area contributed by atoms with Crippen LogP contribution in [0.3, 0.4) is 0 Å². The second-order valence-electron chi connectivity index (χ2n) is 4.22. The van der Waals surface area contributed by atoms with Crippen LogP contribution in [0.1, 0.15) is 15.9 Å². The molecule has 1 heterocycles. The molecule has 0 aliphatic heterocycles. The number of carbonyl (C=O) groups is 1. The summed E-state index contributed by atoms with van der Waals surface area (Å²) in [6.45, 7) is 0. The Balaban J connectivity index is 2.29. The van der Waals surface area contributed by atoms with Crippen LogP contribution >= 0.6 is 0 Å². The fourth-order valence-corrected chi connectivity index (χ4v) is 3.13. The van der Waals surface area contributed by atoms with Crippen LogP contribution in [-0.4, -0.2) is 19.3 Å². The number of anilines is 1. The van der Waals surface area contributed by atoms with Gasteiger partial charge in [-0.2, -0.15) is 0 Å². The number of nitrogen functional groups attached to an aromatic ring is 1. The van der Waals surface area contributed by atoms with Crippen LogP contribution < -0.4 is 11.5 Å². The molecule has 0 aliphatic carbocycles. The predicted octanol–water partition coefficient (Wildman–Crippen LogP) is 0.737. The van der Waals surface area contributed by atoms with Crippen molar-refractivity contribution in [2.75, 3.05) is 5.73 Å². The molecule has 0 saturated carbocycles. The van der Waals surface area contributed by atoms with Crippen molar-refractivity contribution in [2.45, 2.75) is 10.8 Å². The van der Waals surface area contributed by atoms with Crippen LogP contribution in [0.15, 0.2) is 47.6 Å². The van der Waals surface area contributed by atoms with Gasteiger partial charge in [0.2, 0.25) is 15.7 Å². The van der Waals surface area contributed by atoms with Gasteiger partial charge in [0.25, 0.3) is 0 Å². The maximum absolute atomic E-state index is 12.2. The molecule has 0 aliphatic rings. The first-order valence-corrected chi connectivity index (χ1v) is 7.37. The lowest BCUT2D eigenvalue weighted by Gasteiger charge is -2.06. The number of sulfone groups is 1. The molecule has 0 unspecified atom stereocenters. The molecule has 0 saturated heterocycles. The molecule has 2 rings (SSSR count). The van der Waals surface area contributed by atoms with Gasteiger partial charge in [-0.25, -0.2) is 13.4 Å². The topological polar surface area (TPSA) is 116 Å². The van der Waals surface area contributed by atoms with Crippen molar-refractivity contribution in [3.63, 3.8) is 0 Å². The summed E-state index contributed by atoms with van der Waals surface area (Å²) in [5.41, 5.74) is 11.7. The summed E-state index contributed by atoms with van der Waals surface area (Å²) in [7, 11) is -3.63. The number of pyridine rings is 1. The molecular formula is C13H13N3O3S. The van der Waals surface area contributed by atoms with E-state index in [9.17, 15) is 13.2 Å². The number of nitrogens with two attached hydrogens (primary N) is 2. The second kappa shape index (κ2) is 5.30. The summed E-state index contributed by atoms with van der Waals surface area (Å²) >= 11 is 0. The second-order valence-corrected chi connectivity index (χ2v) is 6.12. The Labute approximate surface area is 116 Å². The Morgan fingerprint density at radius 2 is 1.80 bits per heavy atom. The number of nitrogens with zero attached hydrogens (tertiary/aromatic N) is 1. The number of amides is 1. The van der Waals surface area contributed by atoms with E-state index in [1.807, 2.05) is 0 Å². The first-order chi connectivity index (χ1) is 9.40. The van der Waals surface area contributed by atoms with E-state index in [0.29, 0.717) is 11.1 Å². The Morgan fingerprint density at radius 3 is 2.35 bits per heavy atom. The molecule has 104 valence electrons. The molecule has 0 bridgehead atoms. The quantitative estimate of drug-likeness (QED) is 0.861. The van der Waals surface area contributed by atoms with Gasteiger partial charge in [0, 0.05) is 11.8 Å². The monoisotopic (exact) mass is 291 g/mol. The Kier molecular flexibility index (Phi) is 3.71.